The summed E-state index contributed by atoms with van der Waals surface area (Å²) in [5.41, 5.74) is 13.9. The number of aromatic nitrogens is 3. The van der Waals surface area contributed by atoms with Crippen molar-refractivity contribution in [3.05, 3.63) is 42.1 Å². The predicted octanol–water partition coefficient (Wildman–Crippen LogP) is 0.807. The largest absolute Gasteiger partial charge is 0.382 e. The third-order valence-electron chi connectivity index (χ3n) is 4.02. The number of Topliss-reactive ketones (excluding diaryl/α,β-unsaturated/α-hetero) is 1. The van der Waals surface area contributed by atoms with Crippen LogP contribution in [-0.2, 0) is 6.42 Å². The first-order valence-electron chi connectivity index (χ1n) is 7.68. The number of hydrogen-bond acceptors (Lipinski definition) is 7. The highest BCUT2D eigenvalue weighted by atomic mass is 16.1. The number of carbonyl (C=O) groups is 1. The van der Waals surface area contributed by atoms with E-state index in [2.05, 4.69) is 19.9 Å². The average molecular weight is 312 g/mol. The Kier molecular flexibility index (Phi) is 4.47. The molecule has 1 saturated heterocycles. The van der Waals surface area contributed by atoms with Gasteiger partial charge >= 0.3 is 0 Å². The summed E-state index contributed by atoms with van der Waals surface area (Å²) in [4.78, 5) is 26.8. The van der Waals surface area contributed by atoms with Crippen molar-refractivity contribution in [1.82, 2.24) is 15.0 Å². The van der Waals surface area contributed by atoms with Crippen LogP contribution in [0.2, 0.25) is 0 Å². The van der Waals surface area contributed by atoms with E-state index in [4.69, 9.17) is 11.5 Å². The van der Waals surface area contributed by atoms with Crippen LogP contribution in [0.25, 0.3) is 0 Å². The van der Waals surface area contributed by atoms with E-state index >= 15 is 0 Å². The molecule has 3 heterocycles. The third kappa shape index (κ3) is 3.45. The lowest BCUT2D eigenvalue weighted by Gasteiger charge is -2.33. The summed E-state index contributed by atoms with van der Waals surface area (Å²) in [7, 11) is 0. The monoisotopic (exact) mass is 312 g/mol. The highest BCUT2D eigenvalue weighted by molar-refractivity contribution is 5.99. The van der Waals surface area contributed by atoms with Crippen molar-refractivity contribution in [2.24, 2.45) is 5.73 Å². The Morgan fingerprint density at radius 2 is 2.13 bits per heavy atom. The van der Waals surface area contributed by atoms with E-state index in [0.29, 0.717) is 0 Å². The van der Waals surface area contributed by atoms with E-state index in [0.717, 1.165) is 37.2 Å². The number of anilines is 2. The van der Waals surface area contributed by atoms with Gasteiger partial charge in [0, 0.05) is 61.6 Å². The molecule has 0 amide bonds. The second kappa shape index (κ2) is 6.70. The summed E-state index contributed by atoms with van der Waals surface area (Å²) < 4.78 is 0. The third-order valence-corrected chi connectivity index (χ3v) is 4.02. The number of nitrogens with zero attached hydrogens (tertiary/aromatic N) is 4. The number of rotatable bonds is 4. The molecule has 0 aromatic carbocycles. The van der Waals surface area contributed by atoms with E-state index in [1.807, 2.05) is 6.07 Å². The van der Waals surface area contributed by atoms with Crippen LogP contribution in [0.4, 0.5) is 11.5 Å². The lowest BCUT2D eigenvalue weighted by molar-refractivity contribution is 0.0989. The van der Waals surface area contributed by atoms with Gasteiger partial charge in [0.2, 0.25) is 0 Å². The fourth-order valence-corrected chi connectivity index (χ4v) is 2.91. The van der Waals surface area contributed by atoms with Crippen molar-refractivity contribution in [1.29, 1.82) is 0 Å². The fourth-order valence-electron chi connectivity index (χ4n) is 2.91. The number of hydrogen-bond donors (Lipinski definition) is 2. The molecule has 0 spiro atoms. The summed E-state index contributed by atoms with van der Waals surface area (Å²) in [6.45, 7) is 1.73. The molecule has 0 unspecified atom stereocenters. The molecule has 1 aliphatic rings. The van der Waals surface area contributed by atoms with Crippen LogP contribution < -0.4 is 16.4 Å². The summed E-state index contributed by atoms with van der Waals surface area (Å²) >= 11 is 0. The van der Waals surface area contributed by atoms with Crippen molar-refractivity contribution in [3.63, 3.8) is 0 Å². The summed E-state index contributed by atoms with van der Waals surface area (Å²) in [6, 6.07) is 2.09. The number of piperidine rings is 1. The Balaban J connectivity index is 1.83. The molecule has 1 aliphatic heterocycles. The van der Waals surface area contributed by atoms with E-state index in [-0.39, 0.29) is 29.8 Å². The van der Waals surface area contributed by atoms with Crippen molar-refractivity contribution in [2.75, 3.05) is 23.7 Å². The molecule has 7 heteroatoms. The predicted molar refractivity (Wildman–Crippen MR) is 88.1 cm³/mol. The molecule has 0 saturated carbocycles. The van der Waals surface area contributed by atoms with E-state index in [1.54, 1.807) is 12.4 Å². The molecule has 120 valence electrons. The maximum absolute atomic E-state index is 12.5. The van der Waals surface area contributed by atoms with Gasteiger partial charge in [-0.15, -0.1) is 0 Å². The molecular formula is C16H20N6O. The molecule has 1 atom stereocenters. The Bertz CT molecular complexity index is 704. The highest BCUT2D eigenvalue weighted by Crippen LogP contribution is 2.24. The maximum atomic E-state index is 12.5. The van der Waals surface area contributed by atoms with Crippen molar-refractivity contribution < 1.29 is 4.79 Å². The standard InChI is InChI=1S/C16H20N6O/c17-12-2-1-7-22(10-12)13-3-4-19-9-11(13)8-14(23)15-16(18)21-6-5-20-15/h3-6,9,12H,1-2,7-8,10,17H2,(H2,18,21)/t12-/m1/s1. The number of pyridine rings is 1. The van der Waals surface area contributed by atoms with Crippen molar-refractivity contribution in [3.8, 4) is 0 Å². The summed E-state index contributed by atoms with van der Waals surface area (Å²) in [5.74, 6) is -0.00547. The maximum Gasteiger partial charge on any atom is 0.189 e. The quantitative estimate of drug-likeness (QED) is 0.803. The minimum Gasteiger partial charge on any atom is -0.382 e. The molecule has 23 heavy (non-hydrogen) atoms. The highest BCUT2D eigenvalue weighted by Gasteiger charge is 2.21. The summed E-state index contributed by atoms with van der Waals surface area (Å²) in [5, 5.41) is 0. The average Bonchev–Trinajstić information content (AvgIpc) is 2.55. The van der Waals surface area contributed by atoms with Gasteiger partial charge in [0.05, 0.1) is 0 Å². The molecular weight excluding hydrogens is 292 g/mol. The molecule has 7 nitrogen and oxygen atoms in total. The molecule has 4 N–H and O–H groups in total. The molecule has 1 fully saturated rings. The van der Waals surface area contributed by atoms with E-state index in [1.165, 1.54) is 12.4 Å². The first kappa shape index (κ1) is 15.4. The van der Waals surface area contributed by atoms with Crippen LogP contribution in [0.1, 0.15) is 28.9 Å². The Hall–Kier alpha value is -2.54. The topological polar surface area (TPSA) is 111 Å². The van der Waals surface area contributed by atoms with Gasteiger partial charge in [-0.2, -0.15) is 0 Å². The van der Waals surface area contributed by atoms with Gasteiger partial charge in [0.15, 0.2) is 11.6 Å². The Labute approximate surface area is 134 Å². The van der Waals surface area contributed by atoms with Gasteiger partial charge in [-0.25, -0.2) is 9.97 Å². The van der Waals surface area contributed by atoms with E-state index in [9.17, 15) is 4.79 Å². The van der Waals surface area contributed by atoms with Crippen LogP contribution in [0, 0.1) is 0 Å². The number of nitrogens with two attached hydrogens (primary N) is 2. The normalized spacial score (nSPS) is 18.0. The zero-order chi connectivity index (χ0) is 16.2. The van der Waals surface area contributed by atoms with Gasteiger partial charge in [0.1, 0.15) is 5.69 Å². The zero-order valence-corrected chi connectivity index (χ0v) is 12.9. The van der Waals surface area contributed by atoms with Crippen molar-refractivity contribution >= 4 is 17.3 Å². The molecule has 2 aromatic heterocycles. The van der Waals surface area contributed by atoms with Crippen LogP contribution >= 0.6 is 0 Å². The van der Waals surface area contributed by atoms with Crippen LogP contribution in [0.5, 0.6) is 0 Å². The molecule has 3 rings (SSSR count). The minimum absolute atomic E-state index is 0.155. The lowest BCUT2D eigenvalue weighted by atomic mass is 10.0. The van der Waals surface area contributed by atoms with Gasteiger partial charge in [-0.05, 0) is 18.9 Å². The minimum atomic E-state index is -0.161. The first-order valence-corrected chi connectivity index (χ1v) is 7.68. The van der Waals surface area contributed by atoms with Crippen LogP contribution in [0.15, 0.2) is 30.9 Å². The second-order valence-electron chi connectivity index (χ2n) is 5.74. The van der Waals surface area contributed by atoms with Gasteiger partial charge in [-0.3, -0.25) is 9.78 Å². The Morgan fingerprint density at radius 3 is 2.91 bits per heavy atom. The van der Waals surface area contributed by atoms with Crippen LogP contribution in [-0.4, -0.2) is 39.9 Å². The van der Waals surface area contributed by atoms with Gasteiger partial charge in [0.25, 0.3) is 0 Å². The SMILES string of the molecule is Nc1nccnc1C(=O)Cc1cnccc1N1CCC[C@@H](N)C1. The van der Waals surface area contributed by atoms with Crippen molar-refractivity contribution in [2.45, 2.75) is 25.3 Å². The second-order valence-corrected chi connectivity index (χ2v) is 5.74. The molecule has 2 aromatic rings. The molecule has 0 radical (unpaired) electrons. The first-order chi connectivity index (χ1) is 11.1. The molecule has 0 aliphatic carbocycles. The lowest BCUT2D eigenvalue weighted by Crippen LogP contribution is -2.43. The molecule has 0 bridgehead atoms. The zero-order valence-electron chi connectivity index (χ0n) is 12.9. The van der Waals surface area contributed by atoms with E-state index < -0.39 is 0 Å². The van der Waals surface area contributed by atoms with Crippen LogP contribution in [0.3, 0.4) is 0 Å². The summed E-state index contributed by atoms with van der Waals surface area (Å²) in [6.07, 6.45) is 8.67. The number of carbonyl (C=O) groups excluding carboxylic acids is 1. The number of nitrogen functional groups attached to an aromatic ring is 1. The fraction of sp³-hybridized carbons (Fsp3) is 0.375. The smallest absolute Gasteiger partial charge is 0.189 e. The van der Waals surface area contributed by atoms with Gasteiger partial charge < -0.3 is 16.4 Å². The number of ketones is 1. The Morgan fingerprint density at radius 1 is 1.30 bits per heavy atom. The van der Waals surface area contributed by atoms with Gasteiger partial charge in [-0.1, -0.05) is 0 Å².